The van der Waals surface area contributed by atoms with Crippen LogP contribution in [0.25, 0.3) is 0 Å². The van der Waals surface area contributed by atoms with Crippen molar-refractivity contribution >= 4 is 33.2 Å². The van der Waals surface area contributed by atoms with Crippen LogP contribution in [-0.4, -0.2) is 21.8 Å². The monoisotopic (exact) mass is 336 g/mol. The maximum absolute atomic E-state index is 12.5. The van der Waals surface area contributed by atoms with Crippen LogP contribution in [0.5, 0.6) is 0 Å². The van der Waals surface area contributed by atoms with Gasteiger partial charge in [0.15, 0.2) is 0 Å². The molecule has 2 aromatic rings. The first-order valence-corrected chi connectivity index (χ1v) is 7.86. The fourth-order valence-electron chi connectivity index (χ4n) is 2.01. The van der Waals surface area contributed by atoms with Crippen LogP contribution in [0.15, 0.2) is 39.6 Å². The summed E-state index contributed by atoms with van der Waals surface area (Å²) in [4.78, 5) is 18.6. The Hall–Kier alpha value is -1.20. The first-order chi connectivity index (χ1) is 9.24. The van der Waals surface area contributed by atoms with Gasteiger partial charge in [-0.05, 0) is 57.9 Å². The number of aromatic nitrogens is 1. The van der Waals surface area contributed by atoms with E-state index in [9.17, 15) is 4.79 Å². The Bertz CT molecular complexity index is 580. The van der Waals surface area contributed by atoms with Gasteiger partial charge in [-0.2, -0.15) is 0 Å². The van der Waals surface area contributed by atoms with Gasteiger partial charge >= 0.3 is 0 Å². The lowest BCUT2D eigenvalue weighted by molar-refractivity contribution is 0.0724. The van der Waals surface area contributed by atoms with Crippen molar-refractivity contribution in [1.82, 2.24) is 9.88 Å². The first-order valence-electron chi connectivity index (χ1n) is 6.19. The van der Waals surface area contributed by atoms with E-state index in [0.717, 1.165) is 16.6 Å². The summed E-state index contributed by atoms with van der Waals surface area (Å²) in [6.45, 7) is 0.669. The number of rotatable bonds is 4. The largest absolute Gasteiger partial charge is 0.330 e. The Morgan fingerprint density at radius 3 is 2.89 bits per heavy atom. The third-order valence-electron chi connectivity index (χ3n) is 3.11. The van der Waals surface area contributed by atoms with Gasteiger partial charge in [0.2, 0.25) is 0 Å². The van der Waals surface area contributed by atoms with Crippen LogP contribution in [0.4, 0.5) is 0 Å². The lowest BCUT2D eigenvalue weighted by Gasteiger charge is -2.21. The summed E-state index contributed by atoms with van der Waals surface area (Å²) >= 11 is 5.11. The number of hydrogen-bond acceptors (Lipinski definition) is 3. The summed E-state index contributed by atoms with van der Waals surface area (Å²) in [5.41, 5.74) is 1.71. The highest BCUT2D eigenvalue weighted by Crippen LogP contribution is 2.31. The molecule has 98 valence electrons. The van der Waals surface area contributed by atoms with Crippen molar-refractivity contribution in [2.75, 3.05) is 0 Å². The predicted molar refractivity (Wildman–Crippen MR) is 79.2 cm³/mol. The normalized spacial score (nSPS) is 14.4. The van der Waals surface area contributed by atoms with E-state index in [1.807, 2.05) is 17.0 Å². The molecule has 1 fully saturated rings. The molecule has 0 atom stereocenters. The molecule has 5 heteroatoms. The Morgan fingerprint density at radius 1 is 1.47 bits per heavy atom. The average Bonchev–Trinajstić information content (AvgIpc) is 3.20. The number of carbonyl (C=O) groups is 1. The molecule has 0 aromatic carbocycles. The second kappa shape index (κ2) is 5.43. The van der Waals surface area contributed by atoms with Gasteiger partial charge in [0.05, 0.1) is 3.79 Å². The lowest BCUT2D eigenvalue weighted by Crippen LogP contribution is -2.33. The van der Waals surface area contributed by atoms with E-state index in [1.54, 1.807) is 23.6 Å². The van der Waals surface area contributed by atoms with E-state index in [2.05, 4.69) is 32.4 Å². The Balaban J connectivity index is 1.79. The average molecular weight is 337 g/mol. The van der Waals surface area contributed by atoms with Crippen LogP contribution in [0.1, 0.15) is 28.9 Å². The van der Waals surface area contributed by atoms with Crippen LogP contribution in [0.2, 0.25) is 0 Å². The summed E-state index contributed by atoms with van der Waals surface area (Å²) in [6, 6.07) is 7.92. The van der Waals surface area contributed by atoms with Crippen molar-refractivity contribution < 1.29 is 4.79 Å². The van der Waals surface area contributed by atoms with Crippen molar-refractivity contribution in [2.45, 2.75) is 25.4 Å². The summed E-state index contributed by atoms with van der Waals surface area (Å²) in [5, 5.41) is 2.09. The molecule has 0 saturated heterocycles. The molecule has 0 N–H and O–H groups in total. The minimum atomic E-state index is 0.0328. The van der Waals surface area contributed by atoms with Crippen molar-refractivity contribution in [2.24, 2.45) is 0 Å². The minimum absolute atomic E-state index is 0.0328. The SMILES string of the molecule is O=C(c1ccccn1)N(Cc1csc(Br)c1)C1CC1. The van der Waals surface area contributed by atoms with Crippen molar-refractivity contribution in [3.63, 3.8) is 0 Å². The molecule has 0 radical (unpaired) electrons. The molecule has 0 spiro atoms. The van der Waals surface area contributed by atoms with E-state index < -0.39 is 0 Å². The van der Waals surface area contributed by atoms with Gasteiger partial charge in [0.1, 0.15) is 5.69 Å². The topological polar surface area (TPSA) is 33.2 Å². The maximum Gasteiger partial charge on any atom is 0.272 e. The molecular formula is C14H13BrN2OS. The molecule has 2 heterocycles. The summed E-state index contributed by atoms with van der Waals surface area (Å²) in [7, 11) is 0. The third kappa shape index (κ3) is 3.04. The molecule has 1 aliphatic rings. The van der Waals surface area contributed by atoms with Gasteiger partial charge < -0.3 is 4.90 Å². The fraction of sp³-hybridized carbons (Fsp3) is 0.286. The molecule has 3 rings (SSSR count). The second-order valence-electron chi connectivity index (χ2n) is 4.64. The molecule has 0 unspecified atom stereocenters. The van der Waals surface area contributed by atoms with E-state index in [1.165, 1.54) is 5.56 Å². The third-order valence-corrected chi connectivity index (χ3v) is 4.66. The van der Waals surface area contributed by atoms with Gasteiger partial charge in [-0.1, -0.05) is 6.07 Å². The van der Waals surface area contributed by atoms with Gasteiger partial charge in [0, 0.05) is 18.8 Å². The van der Waals surface area contributed by atoms with Crippen molar-refractivity contribution in [3.8, 4) is 0 Å². The smallest absolute Gasteiger partial charge is 0.272 e. The number of hydrogen-bond donors (Lipinski definition) is 0. The Kier molecular flexibility index (Phi) is 3.66. The lowest BCUT2D eigenvalue weighted by atomic mass is 10.2. The van der Waals surface area contributed by atoms with Crippen LogP contribution < -0.4 is 0 Å². The number of amides is 1. The van der Waals surface area contributed by atoms with Gasteiger partial charge in [-0.15, -0.1) is 11.3 Å². The van der Waals surface area contributed by atoms with Gasteiger partial charge in [-0.25, -0.2) is 0 Å². The quantitative estimate of drug-likeness (QED) is 0.852. The van der Waals surface area contributed by atoms with Gasteiger partial charge in [-0.3, -0.25) is 9.78 Å². The molecule has 1 saturated carbocycles. The van der Waals surface area contributed by atoms with E-state index in [0.29, 0.717) is 18.3 Å². The molecule has 19 heavy (non-hydrogen) atoms. The molecular weight excluding hydrogens is 324 g/mol. The Labute approximate surface area is 124 Å². The maximum atomic E-state index is 12.5. The predicted octanol–water partition coefficient (Wildman–Crippen LogP) is 3.71. The number of carbonyl (C=O) groups excluding carboxylic acids is 1. The second-order valence-corrected chi connectivity index (χ2v) is 6.93. The minimum Gasteiger partial charge on any atom is -0.330 e. The van der Waals surface area contributed by atoms with Crippen molar-refractivity contribution in [1.29, 1.82) is 0 Å². The zero-order valence-electron chi connectivity index (χ0n) is 10.3. The van der Waals surface area contributed by atoms with Crippen LogP contribution >= 0.6 is 27.3 Å². The highest BCUT2D eigenvalue weighted by Gasteiger charge is 2.33. The summed E-state index contributed by atoms with van der Waals surface area (Å²) < 4.78 is 1.10. The standard InChI is InChI=1S/C14H13BrN2OS/c15-13-7-10(9-19-13)8-17(11-4-5-11)14(18)12-3-1-2-6-16-12/h1-3,6-7,9,11H,4-5,8H2. The van der Waals surface area contributed by atoms with Gasteiger partial charge in [0.25, 0.3) is 5.91 Å². The summed E-state index contributed by atoms with van der Waals surface area (Å²) in [6.07, 6.45) is 3.87. The molecule has 3 nitrogen and oxygen atoms in total. The fourth-order valence-corrected chi connectivity index (χ4v) is 3.22. The first kappa shape index (κ1) is 12.8. The zero-order chi connectivity index (χ0) is 13.2. The highest BCUT2D eigenvalue weighted by molar-refractivity contribution is 9.11. The highest BCUT2D eigenvalue weighted by atomic mass is 79.9. The van der Waals surface area contributed by atoms with Crippen LogP contribution in [0, 0.1) is 0 Å². The zero-order valence-corrected chi connectivity index (χ0v) is 12.7. The van der Waals surface area contributed by atoms with Crippen molar-refractivity contribution in [3.05, 3.63) is 50.9 Å². The van der Waals surface area contributed by atoms with Crippen LogP contribution in [0.3, 0.4) is 0 Å². The number of thiophene rings is 1. The molecule has 0 aliphatic heterocycles. The number of nitrogens with zero attached hydrogens (tertiary/aromatic N) is 2. The number of halogens is 1. The van der Waals surface area contributed by atoms with E-state index in [-0.39, 0.29) is 5.91 Å². The number of pyridine rings is 1. The van der Waals surface area contributed by atoms with E-state index in [4.69, 9.17) is 0 Å². The van der Waals surface area contributed by atoms with E-state index >= 15 is 0 Å². The van der Waals surface area contributed by atoms with Crippen LogP contribution in [-0.2, 0) is 6.54 Å². The molecule has 1 amide bonds. The molecule has 1 aliphatic carbocycles. The Morgan fingerprint density at radius 2 is 2.32 bits per heavy atom. The molecule has 2 aromatic heterocycles. The summed E-state index contributed by atoms with van der Waals surface area (Å²) in [5.74, 6) is 0.0328. The molecule has 0 bridgehead atoms.